The number of benzene rings is 1. The highest BCUT2D eigenvalue weighted by Gasteiger charge is 2.14. The molecule has 0 spiro atoms. The molecule has 2 nitrogen and oxygen atoms in total. The second-order valence-electron chi connectivity index (χ2n) is 4.18. The lowest BCUT2D eigenvalue weighted by molar-refractivity contribution is 0.317. The van der Waals surface area contributed by atoms with Gasteiger partial charge in [0.25, 0.3) is 0 Å². The fourth-order valence-corrected chi connectivity index (χ4v) is 1.64. The van der Waals surface area contributed by atoms with E-state index in [9.17, 15) is 8.78 Å². The van der Waals surface area contributed by atoms with Crippen molar-refractivity contribution in [3.63, 3.8) is 0 Å². The molecule has 1 rings (SSSR count). The normalized spacial score (nSPS) is 10.9. The smallest absolute Gasteiger partial charge is 0.171 e. The summed E-state index contributed by atoms with van der Waals surface area (Å²) in [5, 5.41) is 0. The summed E-state index contributed by atoms with van der Waals surface area (Å²) in [6.07, 6.45) is 1.10. The zero-order valence-corrected chi connectivity index (χ0v) is 10.6. The van der Waals surface area contributed by atoms with Gasteiger partial charge in [-0.25, -0.2) is 8.78 Å². The first-order chi connectivity index (χ1) is 8.06. The van der Waals surface area contributed by atoms with E-state index in [1.54, 1.807) is 6.92 Å². The van der Waals surface area contributed by atoms with Gasteiger partial charge in [0.1, 0.15) is 5.82 Å². The van der Waals surface area contributed by atoms with Gasteiger partial charge in [0.05, 0.1) is 6.61 Å². The average Bonchev–Trinajstić information content (AvgIpc) is 2.27. The molecule has 0 N–H and O–H groups in total. The van der Waals surface area contributed by atoms with Crippen LogP contribution in [0.25, 0.3) is 0 Å². The maximum atomic E-state index is 13.9. The molecular formula is C13H19F2NO. The van der Waals surface area contributed by atoms with E-state index in [2.05, 4.69) is 0 Å². The molecule has 0 aromatic heterocycles. The van der Waals surface area contributed by atoms with Crippen LogP contribution in [0.1, 0.15) is 18.9 Å². The Kier molecular flexibility index (Phi) is 5.35. The van der Waals surface area contributed by atoms with Crippen LogP contribution in [0.4, 0.5) is 8.78 Å². The van der Waals surface area contributed by atoms with Crippen LogP contribution in [-0.2, 0) is 6.42 Å². The third-order valence-corrected chi connectivity index (χ3v) is 2.48. The number of ether oxygens (including phenoxy) is 1. The molecule has 96 valence electrons. The fourth-order valence-electron chi connectivity index (χ4n) is 1.64. The van der Waals surface area contributed by atoms with E-state index < -0.39 is 11.6 Å². The van der Waals surface area contributed by atoms with Gasteiger partial charge < -0.3 is 9.64 Å². The van der Waals surface area contributed by atoms with Crippen molar-refractivity contribution in [2.75, 3.05) is 27.2 Å². The molecule has 0 unspecified atom stereocenters. The van der Waals surface area contributed by atoms with Gasteiger partial charge in [0.15, 0.2) is 11.6 Å². The van der Waals surface area contributed by atoms with Crippen LogP contribution in [0.15, 0.2) is 12.1 Å². The Bertz CT molecular complexity index is 367. The molecule has 0 saturated carbocycles. The van der Waals surface area contributed by atoms with Crippen LogP contribution in [0.2, 0.25) is 0 Å². The fraction of sp³-hybridized carbons (Fsp3) is 0.538. The minimum Gasteiger partial charge on any atom is -0.491 e. The standard InChI is InChI=1S/C13H19F2NO/c1-4-17-12-8-7-11(14)10(13(12)15)6-5-9-16(2)3/h7-8H,4-6,9H2,1-3H3. The van der Waals surface area contributed by atoms with E-state index in [1.165, 1.54) is 12.1 Å². The minimum absolute atomic E-state index is 0.123. The highest BCUT2D eigenvalue weighted by Crippen LogP contribution is 2.24. The molecule has 0 atom stereocenters. The predicted molar refractivity (Wildman–Crippen MR) is 64.4 cm³/mol. The summed E-state index contributed by atoms with van der Waals surface area (Å²) in [7, 11) is 3.87. The van der Waals surface area contributed by atoms with Crippen molar-refractivity contribution in [1.29, 1.82) is 0 Å². The molecule has 0 aliphatic heterocycles. The minimum atomic E-state index is -0.564. The molecule has 0 aliphatic carbocycles. The Morgan fingerprint density at radius 2 is 1.94 bits per heavy atom. The van der Waals surface area contributed by atoms with Gasteiger partial charge in [-0.05, 0) is 52.5 Å². The summed E-state index contributed by atoms with van der Waals surface area (Å²) in [5.41, 5.74) is 0.123. The summed E-state index contributed by atoms with van der Waals surface area (Å²) < 4.78 is 32.5. The van der Waals surface area contributed by atoms with Gasteiger partial charge >= 0.3 is 0 Å². The summed E-state index contributed by atoms with van der Waals surface area (Å²) in [6, 6.07) is 2.60. The van der Waals surface area contributed by atoms with Gasteiger partial charge in [-0.3, -0.25) is 0 Å². The molecule has 0 heterocycles. The summed E-state index contributed by atoms with van der Waals surface area (Å²) >= 11 is 0. The van der Waals surface area contributed by atoms with E-state index >= 15 is 0 Å². The number of halogens is 2. The number of rotatable bonds is 6. The molecule has 0 fully saturated rings. The summed E-state index contributed by atoms with van der Waals surface area (Å²) in [5.74, 6) is -0.927. The lowest BCUT2D eigenvalue weighted by Gasteiger charge is -2.12. The Balaban J connectivity index is 2.78. The van der Waals surface area contributed by atoms with Gasteiger partial charge in [-0.1, -0.05) is 0 Å². The predicted octanol–water partition coefficient (Wildman–Crippen LogP) is 2.86. The van der Waals surface area contributed by atoms with Crippen LogP contribution in [-0.4, -0.2) is 32.1 Å². The quantitative estimate of drug-likeness (QED) is 0.761. The van der Waals surface area contributed by atoms with Crippen molar-refractivity contribution in [2.45, 2.75) is 19.8 Å². The largest absolute Gasteiger partial charge is 0.491 e. The van der Waals surface area contributed by atoms with Crippen LogP contribution in [0.3, 0.4) is 0 Å². The highest BCUT2D eigenvalue weighted by atomic mass is 19.1. The van der Waals surface area contributed by atoms with E-state index in [1.807, 2.05) is 19.0 Å². The number of hydrogen-bond donors (Lipinski definition) is 0. The van der Waals surface area contributed by atoms with Crippen molar-refractivity contribution in [3.05, 3.63) is 29.3 Å². The van der Waals surface area contributed by atoms with Crippen molar-refractivity contribution < 1.29 is 13.5 Å². The lowest BCUT2D eigenvalue weighted by Crippen LogP contribution is -2.14. The van der Waals surface area contributed by atoms with Crippen molar-refractivity contribution in [3.8, 4) is 5.75 Å². The second kappa shape index (κ2) is 6.55. The lowest BCUT2D eigenvalue weighted by atomic mass is 10.1. The third-order valence-electron chi connectivity index (χ3n) is 2.48. The zero-order valence-electron chi connectivity index (χ0n) is 10.6. The molecule has 0 radical (unpaired) electrons. The van der Waals surface area contributed by atoms with E-state index in [0.717, 1.165) is 13.0 Å². The third kappa shape index (κ3) is 3.97. The first kappa shape index (κ1) is 13.9. The maximum Gasteiger partial charge on any atom is 0.171 e. The molecule has 0 bridgehead atoms. The maximum absolute atomic E-state index is 13.9. The molecule has 0 aliphatic rings. The molecule has 17 heavy (non-hydrogen) atoms. The van der Waals surface area contributed by atoms with Crippen molar-refractivity contribution in [2.24, 2.45) is 0 Å². The summed E-state index contributed by atoms with van der Waals surface area (Å²) in [6.45, 7) is 2.95. The Morgan fingerprint density at radius 1 is 1.24 bits per heavy atom. The summed E-state index contributed by atoms with van der Waals surface area (Å²) in [4.78, 5) is 1.99. The number of nitrogens with zero attached hydrogens (tertiary/aromatic N) is 1. The molecule has 0 saturated heterocycles. The molecule has 1 aromatic carbocycles. The highest BCUT2D eigenvalue weighted by molar-refractivity contribution is 5.32. The van der Waals surface area contributed by atoms with Crippen molar-refractivity contribution >= 4 is 0 Å². The first-order valence-electron chi connectivity index (χ1n) is 5.80. The average molecular weight is 243 g/mol. The zero-order chi connectivity index (χ0) is 12.8. The molecular weight excluding hydrogens is 224 g/mol. The van der Waals surface area contributed by atoms with E-state index in [-0.39, 0.29) is 11.3 Å². The van der Waals surface area contributed by atoms with Crippen LogP contribution in [0, 0.1) is 11.6 Å². The topological polar surface area (TPSA) is 12.5 Å². The molecule has 0 amide bonds. The first-order valence-corrected chi connectivity index (χ1v) is 5.80. The SMILES string of the molecule is CCOc1ccc(F)c(CCCN(C)C)c1F. The second-order valence-corrected chi connectivity index (χ2v) is 4.18. The number of hydrogen-bond acceptors (Lipinski definition) is 2. The molecule has 4 heteroatoms. The van der Waals surface area contributed by atoms with Gasteiger partial charge in [0, 0.05) is 5.56 Å². The van der Waals surface area contributed by atoms with Crippen LogP contribution < -0.4 is 4.74 Å². The van der Waals surface area contributed by atoms with Crippen molar-refractivity contribution in [1.82, 2.24) is 4.90 Å². The van der Waals surface area contributed by atoms with Gasteiger partial charge in [0.2, 0.25) is 0 Å². The van der Waals surface area contributed by atoms with Gasteiger partial charge in [-0.2, -0.15) is 0 Å². The Morgan fingerprint density at radius 3 is 2.53 bits per heavy atom. The van der Waals surface area contributed by atoms with E-state index in [0.29, 0.717) is 13.0 Å². The molecule has 1 aromatic rings. The Labute approximate surface area is 101 Å². The van der Waals surface area contributed by atoms with Crippen LogP contribution >= 0.6 is 0 Å². The van der Waals surface area contributed by atoms with E-state index in [4.69, 9.17) is 4.74 Å². The monoisotopic (exact) mass is 243 g/mol. The van der Waals surface area contributed by atoms with Gasteiger partial charge in [-0.15, -0.1) is 0 Å². The Hall–Kier alpha value is -1.16. The van der Waals surface area contributed by atoms with Crippen LogP contribution in [0.5, 0.6) is 5.75 Å².